The maximum absolute atomic E-state index is 13.4. The molecule has 2 rings (SSSR count). The lowest BCUT2D eigenvalue weighted by molar-refractivity contribution is -0.146. The van der Waals surface area contributed by atoms with Gasteiger partial charge in [-0.1, -0.05) is 12.1 Å². The Hall–Kier alpha value is -3.29. The number of rotatable bonds is 9. The molecule has 0 aliphatic carbocycles. The van der Waals surface area contributed by atoms with Crippen LogP contribution in [-0.2, 0) is 19.1 Å². The highest BCUT2D eigenvalue weighted by atomic mass is 19.1. The van der Waals surface area contributed by atoms with Crippen molar-refractivity contribution < 1.29 is 28.2 Å². The summed E-state index contributed by atoms with van der Waals surface area (Å²) in [5.74, 6) is -2.01. The number of amides is 1. The molecule has 1 aromatic carbocycles. The van der Waals surface area contributed by atoms with Crippen molar-refractivity contribution in [1.82, 2.24) is 10.3 Å². The zero-order chi connectivity index (χ0) is 21.2. The van der Waals surface area contributed by atoms with E-state index in [-0.39, 0.29) is 37.4 Å². The summed E-state index contributed by atoms with van der Waals surface area (Å²) in [6.45, 7) is 3.72. The van der Waals surface area contributed by atoms with Gasteiger partial charge in [-0.25, -0.2) is 9.18 Å². The molecular formula is C21H23FN2O5. The summed E-state index contributed by atoms with van der Waals surface area (Å²) in [5, 5.41) is 2.56. The van der Waals surface area contributed by atoms with Crippen molar-refractivity contribution >= 4 is 17.8 Å². The van der Waals surface area contributed by atoms with E-state index in [4.69, 9.17) is 9.47 Å². The zero-order valence-corrected chi connectivity index (χ0v) is 16.3. The molecule has 0 unspecified atom stereocenters. The molecule has 0 aliphatic rings. The smallest absolute Gasteiger partial charge is 0.328 e. The van der Waals surface area contributed by atoms with Crippen LogP contribution >= 0.6 is 0 Å². The van der Waals surface area contributed by atoms with E-state index >= 15 is 0 Å². The van der Waals surface area contributed by atoms with Crippen LogP contribution in [0.3, 0.4) is 0 Å². The van der Waals surface area contributed by atoms with Crippen molar-refractivity contribution in [2.24, 2.45) is 0 Å². The molecule has 0 saturated heterocycles. The van der Waals surface area contributed by atoms with Gasteiger partial charge in [0.05, 0.1) is 24.5 Å². The van der Waals surface area contributed by atoms with Crippen LogP contribution in [0, 0.1) is 5.82 Å². The standard InChI is InChI=1S/C21H23FN2O5/c1-3-28-19(25)11-10-18(21(27)29-4-2)24-20(26)15-8-9-17(23-13-15)14-6-5-7-16(22)12-14/h5-9,12-13,18H,3-4,10-11H2,1-2H3,(H,24,26)/t18-/m0/s1. The summed E-state index contributed by atoms with van der Waals surface area (Å²) >= 11 is 0. The number of pyridine rings is 1. The van der Waals surface area contributed by atoms with Crippen molar-refractivity contribution in [2.75, 3.05) is 13.2 Å². The molecule has 2 aromatic rings. The minimum atomic E-state index is -0.991. The van der Waals surface area contributed by atoms with Crippen LogP contribution in [0.15, 0.2) is 42.6 Å². The van der Waals surface area contributed by atoms with E-state index in [2.05, 4.69) is 10.3 Å². The Balaban J connectivity index is 2.07. The highest BCUT2D eigenvalue weighted by molar-refractivity contribution is 5.96. The molecule has 1 aromatic heterocycles. The second-order valence-corrected chi connectivity index (χ2v) is 6.06. The Morgan fingerprint density at radius 1 is 1.10 bits per heavy atom. The topological polar surface area (TPSA) is 94.6 Å². The van der Waals surface area contributed by atoms with Gasteiger partial charge in [-0.2, -0.15) is 0 Å². The van der Waals surface area contributed by atoms with Gasteiger partial charge in [0.25, 0.3) is 5.91 Å². The molecule has 1 atom stereocenters. The number of aromatic nitrogens is 1. The number of hydrogen-bond donors (Lipinski definition) is 1. The van der Waals surface area contributed by atoms with E-state index in [0.29, 0.717) is 11.3 Å². The largest absolute Gasteiger partial charge is 0.466 e. The summed E-state index contributed by atoms with van der Waals surface area (Å²) in [7, 11) is 0. The number of carbonyl (C=O) groups is 3. The lowest BCUT2D eigenvalue weighted by Crippen LogP contribution is -2.42. The monoisotopic (exact) mass is 402 g/mol. The van der Waals surface area contributed by atoms with Crippen molar-refractivity contribution in [3.8, 4) is 11.3 Å². The highest BCUT2D eigenvalue weighted by Crippen LogP contribution is 2.18. The Morgan fingerprint density at radius 3 is 2.48 bits per heavy atom. The number of carbonyl (C=O) groups excluding carboxylic acids is 3. The summed E-state index contributed by atoms with van der Waals surface area (Å²) in [4.78, 5) is 40.3. The van der Waals surface area contributed by atoms with Crippen LogP contribution in [0.25, 0.3) is 11.3 Å². The Kier molecular flexibility index (Phi) is 8.27. The van der Waals surface area contributed by atoms with Gasteiger partial charge in [0.1, 0.15) is 11.9 Å². The molecule has 0 spiro atoms. The van der Waals surface area contributed by atoms with Gasteiger partial charge in [-0.15, -0.1) is 0 Å². The molecule has 154 valence electrons. The molecule has 1 heterocycles. The molecular weight excluding hydrogens is 379 g/mol. The van der Waals surface area contributed by atoms with Crippen LogP contribution in [0.1, 0.15) is 37.0 Å². The fraction of sp³-hybridized carbons (Fsp3) is 0.333. The minimum absolute atomic E-state index is 0.0334. The molecule has 1 N–H and O–H groups in total. The van der Waals surface area contributed by atoms with Gasteiger partial charge in [0.15, 0.2) is 0 Å². The second-order valence-electron chi connectivity index (χ2n) is 6.06. The maximum atomic E-state index is 13.4. The summed E-state index contributed by atoms with van der Waals surface area (Å²) in [6, 6.07) is 8.07. The first-order valence-corrected chi connectivity index (χ1v) is 9.29. The van der Waals surface area contributed by atoms with E-state index in [1.165, 1.54) is 24.4 Å². The van der Waals surface area contributed by atoms with Crippen LogP contribution in [0.4, 0.5) is 4.39 Å². The third-order valence-corrected chi connectivity index (χ3v) is 3.96. The van der Waals surface area contributed by atoms with Crippen LogP contribution in [0.5, 0.6) is 0 Å². The first-order chi connectivity index (χ1) is 13.9. The van der Waals surface area contributed by atoms with Crippen molar-refractivity contribution in [2.45, 2.75) is 32.7 Å². The highest BCUT2D eigenvalue weighted by Gasteiger charge is 2.24. The van der Waals surface area contributed by atoms with E-state index in [0.717, 1.165) is 0 Å². The van der Waals surface area contributed by atoms with Gasteiger partial charge in [0.2, 0.25) is 0 Å². The third kappa shape index (κ3) is 6.67. The van der Waals surface area contributed by atoms with E-state index in [1.54, 1.807) is 32.0 Å². The molecule has 0 saturated carbocycles. The average Bonchev–Trinajstić information content (AvgIpc) is 2.71. The van der Waals surface area contributed by atoms with E-state index in [1.807, 2.05) is 0 Å². The quantitative estimate of drug-likeness (QED) is 0.648. The predicted molar refractivity (Wildman–Crippen MR) is 103 cm³/mol. The summed E-state index contributed by atoms with van der Waals surface area (Å²) < 4.78 is 23.2. The molecule has 0 aliphatic heterocycles. The summed E-state index contributed by atoms with van der Waals surface area (Å²) in [6.07, 6.45) is 1.36. The Labute approximate surface area is 168 Å². The number of ether oxygens (including phenoxy) is 2. The number of halogens is 1. The van der Waals surface area contributed by atoms with Crippen LogP contribution in [-0.4, -0.2) is 42.1 Å². The number of benzene rings is 1. The predicted octanol–water partition coefficient (Wildman–Crippen LogP) is 2.89. The maximum Gasteiger partial charge on any atom is 0.328 e. The molecule has 7 nitrogen and oxygen atoms in total. The lowest BCUT2D eigenvalue weighted by Gasteiger charge is -2.17. The fourth-order valence-electron chi connectivity index (χ4n) is 2.58. The fourth-order valence-corrected chi connectivity index (χ4v) is 2.58. The molecule has 0 bridgehead atoms. The van der Waals surface area contributed by atoms with Crippen LogP contribution in [0.2, 0.25) is 0 Å². The minimum Gasteiger partial charge on any atom is -0.466 e. The van der Waals surface area contributed by atoms with E-state index < -0.39 is 23.9 Å². The molecule has 0 fully saturated rings. The van der Waals surface area contributed by atoms with Gasteiger partial charge in [-0.05, 0) is 44.5 Å². The number of esters is 2. The van der Waals surface area contributed by atoms with E-state index in [9.17, 15) is 18.8 Å². The SMILES string of the molecule is CCOC(=O)CC[C@H](NC(=O)c1ccc(-c2cccc(F)c2)nc1)C(=O)OCC. The van der Waals surface area contributed by atoms with Crippen molar-refractivity contribution in [3.05, 3.63) is 54.0 Å². The Bertz CT molecular complexity index is 854. The van der Waals surface area contributed by atoms with Crippen LogP contribution < -0.4 is 5.32 Å². The number of nitrogens with one attached hydrogen (secondary N) is 1. The van der Waals surface area contributed by atoms with Crippen molar-refractivity contribution in [3.63, 3.8) is 0 Å². The number of hydrogen-bond acceptors (Lipinski definition) is 6. The first kappa shape index (κ1) is 22.0. The first-order valence-electron chi connectivity index (χ1n) is 9.29. The average molecular weight is 402 g/mol. The third-order valence-electron chi connectivity index (χ3n) is 3.96. The lowest BCUT2D eigenvalue weighted by atomic mass is 10.1. The Morgan fingerprint density at radius 2 is 1.86 bits per heavy atom. The molecule has 0 radical (unpaired) electrons. The molecule has 1 amide bonds. The van der Waals surface area contributed by atoms with Gasteiger partial charge in [0, 0.05) is 18.2 Å². The molecule has 29 heavy (non-hydrogen) atoms. The normalized spacial score (nSPS) is 11.4. The number of nitrogens with zero attached hydrogens (tertiary/aromatic N) is 1. The van der Waals surface area contributed by atoms with Gasteiger partial charge in [-0.3, -0.25) is 14.6 Å². The van der Waals surface area contributed by atoms with Gasteiger partial charge >= 0.3 is 11.9 Å². The molecule has 8 heteroatoms. The van der Waals surface area contributed by atoms with Crippen molar-refractivity contribution in [1.29, 1.82) is 0 Å². The summed E-state index contributed by atoms with van der Waals surface area (Å²) in [5.41, 5.74) is 1.30. The zero-order valence-electron chi connectivity index (χ0n) is 16.3. The second kappa shape index (κ2) is 10.9. The van der Waals surface area contributed by atoms with Gasteiger partial charge < -0.3 is 14.8 Å².